The highest BCUT2D eigenvalue weighted by molar-refractivity contribution is 7.25. The lowest BCUT2D eigenvalue weighted by Crippen LogP contribution is -2.04. The number of rotatable bonds is 8. The van der Waals surface area contributed by atoms with E-state index in [1.54, 1.807) is 0 Å². The Kier molecular flexibility index (Phi) is 10.00. The molecule has 0 amide bonds. The first-order chi connectivity index (χ1) is 37.2. The first kappa shape index (κ1) is 42.9. The van der Waals surface area contributed by atoms with Gasteiger partial charge in [-0.05, 0) is 100 Å². The summed E-state index contributed by atoms with van der Waals surface area (Å²) in [5.74, 6) is 1.83. The van der Waals surface area contributed by atoms with E-state index >= 15 is 0 Å². The fourth-order valence-corrected chi connectivity index (χ4v) is 12.6. The first-order valence-corrected chi connectivity index (χ1v) is 26.2. The second-order valence-corrected chi connectivity index (χ2v) is 20.2. The molecule has 75 heavy (non-hydrogen) atoms. The van der Waals surface area contributed by atoms with Gasteiger partial charge >= 0.3 is 0 Å². The summed E-state index contributed by atoms with van der Waals surface area (Å²) in [4.78, 5) is 15.7. The minimum absolute atomic E-state index is 0.595. The van der Waals surface area contributed by atoms with E-state index in [1.807, 2.05) is 47.7 Å². The van der Waals surface area contributed by atoms with Gasteiger partial charge in [-0.25, -0.2) is 15.0 Å². The molecule has 0 unspecified atom stereocenters. The van der Waals surface area contributed by atoms with Crippen molar-refractivity contribution in [2.45, 2.75) is 0 Å². The molecule has 0 N–H and O–H groups in total. The minimum atomic E-state index is 0.595. The van der Waals surface area contributed by atoms with Gasteiger partial charge in [-0.2, -0.15) is 0 Å². The fourth-order valence-electron chi connectivity index (χ4n) is 11.5. The molecule has 15 rings (SSSR count). The van der Waals surface area contributed by atoms with Crippen LogP contribution in [0.1, 0.15) is 0 Å². The third-order valence-electron chi connectivity index (χ3n) is 14.8. The fraction of sp³-hybridized carbons (Fsp3) is 0. The summed E-state index contributed by atoms with van der Waals surface area (Å²) in [5, 5.41) is 7.31. The highest BCUT2D eigenvalue weighted by Crippen LogP contribution is 2.48. The molecule has 0 atom stereocenters. The van der Waals surface area contributed by atoms with E-state index in [0.29, 0.717) is 17.5 Å². The molecule has 0 bridgehead atoms. The standard InChI is InChI=1S/C69H43N5S/c1-5-21-44(22-6-1)47-39-40-54(69-71-67(45-23-7-2-8-24-45)70-68(72-69)46-25-9-3-10-26-46)60(42-47)74-58-35-17-14-30-53(58)64-51(33-19-36-59(64)74)56-41-48(50-32-20-38-63-66(50)55-31-15-18-37-62(55)75-63)43-61-65(56)52-29-13-16-34-57(52)73(61)49-27-11-4-12-28-49/h1-43H. The van der Waals surface area contributed by atoms with Crippen LogP contribution in [-0.2, 0) is 0 Å². The quantitative estimate of drug-likeness (QED) is 0.152. The van der Waals surface area contributed by atoms with Crippen LogP contribution >= 0.6 is 11.3 Å². The first-order valence-electron chi connectivity index (χ1n) is 25.3. The lowest BCUT2D eigenvalue weighted by molar-refractivity contribution is 1.06. The van der Waals surface area contributed by atoms with E-state index in [9.17, 15) is 0 Å². The molecular formula is C69H43N5S. The zero-order valence-electron chi connectivity index (χ0n) is 40.5. The van der Waals surface area contributed by atoms with Gasteiger partial charge in [0.15, 0.2) is 17.5 Å². The van der Waals surface area contributed by atoms with Gasteiger partial charge in [-0.15, -0.1) is 11.3 Å². The van der Waals surface area contributed by atoms with Crippen LogP contribution in [0.3, 0.4) is 0 Å². The average Bonchev–Trinajstić information content (AvgIpc) is 4.23. The van der Waals surface area contributed by atoms with Crippen molar-refractivity contribution in [2.75, 3.05) is 0 Å². The van der Waals surface area contributed by atoms with Crippen LogP contribution < -0.4 is 0 Å². The smallest absolute Gasteiger partial charge is 0.166 e. The molecule has 5 nitrogen and oxygen atoms in total. The van der Waals surface area contributed by atoms with Crippen LogP contribution in [0.2, 0.25) is 0 Å². The van der Waals surface area contributed by atoms with Crippen molar-refractivity contribution in [2.24, 2.45) is 0 Å². The number of hydrogen-bond acceptors (Lipinski definition) is 4. The van der Waals surface area contributed by atoms with E-state index in [1.165, 1.54) is 53.0 Å². The summed E-state index contributed by atoms with van der Waals surface area (Å²) in [6, 6.07) is 93.7. The summed E-state index contributed by atoms with van der Waals surface area (Å²) in [7, 11) is 0. The predicted octanol–water partition coefficient (Wildman–Crippen LogP) is 18.4. The van der Waals surface area contributed by atoms with Crippen molar-refractivity contribution in [1.82, 2.24) is 24.1 Å². The van der Waals surface area contributed by atoms with Gasteiger partial charge in [0.1, 0.15) is 0 Å². The summed E-state index contributed by atoms with van der Waals surface area (Å²) < 4.78 is 7.47. The molecule has 4 aromatic heterocycles. The van der Waals surface area contributed by atoms with Gasteiger partial charge < -0.3 is 9.13 Å². The van der Waals surface area contributed by atoms with Crippen molar-refractivity contribution in [3.63, 3.8) is 0 Å². The summed E-state index contributed by atoms with van der Waals surface area (Å²) >= 11 is 1.86. The molecule has 0 spiro atoms. The molecule has 0 radical (unpaired) electrons. The normalized spacial score (nSPS) is 11.7. The lowest BCUT2D eigenvalue weighted by Gasteiger charge is -2.17. The van der Waals surface area contributed by atoms with Gasteiger partial charge in [0, 0.05) is 64.1 Å². The summed E-state index contributed by atoms with van der Waals surface area (Å²) in [5.41, 5.74) is 16.3. The largest absolute Gasteiger partial charge is 0.309 e. The van der Waals surface area contributed by atoms with Crippen molar-refractivity contribution >= 4 is 75.1 Å². The van der Waals surface area contributed by atoms with Crippen molar-refractivity contribution in [3.8, 4) is 78.9 Å². The monoisotopic (exact) mass is 973 g/mol. The van der Waals surface area contributed by atoms with Crippen LogP contribution in [-0.4, -0.2) is 24.1 Å². The van der Waals surface area contributed by atoms with E-state index < -0.39 is 0 Å². The molecule has 11 aromatic carbocycles. The van der Waals surface area contributed by atoms with Gasteiger partial charge in [-0.1, -0.05) is 194 Å². The van der Waals surface area contributed by atoms with Gasteiger partial charge in [-0.3, -0.25) is 0 Å². The zero-order chi connectivity index (χ0) is 49.4. The minimum Gasteiger partial charge on any atom is -0.309 e. The molecular weight excluding hydrogens is 931 g/mol. The Bertz CT molecular complexity index is 4630. The van der Waals surface area contributed by atoms with Crippen LogP contribution in [0.15, 0.2) is 261 Å². The zero-order valence-corrected chi connectivity index (χ0v) is 41.3. The number of para-hydroxylation sites is 3. The third-order valence-corrected chi connectivity index (χ3v) is 15.9. The Morgan fingerprint density at radius 1 is 0.267 bits per heavy atom. The Morgan fingerprint density at radius 3 is 1.48 bits per heavy atom. The van der Waals surface area contributed by atoms with E-state index in [2.05, 4.69) is 234 Å². The van der Waals surface area contributed by atoms with Gasteiger partial charge in [0.25, 0.3) is 0 Å². The van der Waals surface area contributed by atoms with E-state index in [4.69, 9.17) is 15.0 Å². The van der Waals surface area contributed by atoms with E-state index in [-0.39, 0.29) is 0 Å². The molecule has 0 saturated carbocycles. The van der Waals surface area contributed by atoms with Gasteiger partial charge in [0.2, 0.25) is 0 Å². The molecule has 0 aliphatic rings. The number of nitrogens with zero attached hydrogens (tertiary/aromatic N) is 5. The number of benzene rings is 11. The summed E-state index contributed by atoms with van der Waals surface area (Å²) in [6.07, 6.45) is 0. The Morgan fingerprint density at radius 2 is 0.787 bits per heavy atom. The van der Waals surface area contributed by atoms with Crippen molar-refractivity contribution in [3.05, 3.63) is 261 Å². The van der Waals surface area contributed by atoms with Crippen LogP contribution in [0.25, 0.3) is 143 Å². The van der Waals surface area contributed by atoms with Crippen LogP contribution in [0, 0.1) is 0 Å². The third kappa shape index (κ3) is 7.03. The molecule has 350 valence electrons. The summed E-state index contributed by atoms with van der Waals surface area (Å²) in [6.45, 7) is 0. The molecule has 6 heteroatoms. The highest BCUT2D eigenvalue weighted by Gasteiger charge is 2.25. The van der Waals surface area contributed by atoms with Crippen molar-refractivity contribution < 1.29 is 0 Å². The Balaban J connectivity index is 1.05. The van der Waals surface area contributed by atoms with Crippen molar-refractivity contribution in [1.29, 1.82) is 0 Å². The number of aromatic nitrogens is 5. The molecule has 4 heterocycles. The van der Waals surface area contributed by atoms with Gasteiger partial charge in [0.05, 0.1) is 27.8 Å². The topological polar surface area (TPSA) is 48.5 Å². The number of thiophene rings is 1. The maximum Gasteiger partial charge on any atom is 0.166 e. The van der Waals surface area contributed by atoms with E-state index in [0.717, 1.165) is 72.2 Å². The maximum atomic E-state index is 5.33. The SMILES string of the molecule is c1ccc(-c2ccc(-c3nc(-c4ccccc4)nc(-c4ccccc4)n3)c(-n3c4ccccc4c4c(-c5cc(-c6cccc7sc8ccccc8c67)cc6c5c5ccccc5n6-c5ccccc5)cccc43)c2)cc1. The Hall–Kier alpha value is -9.75. The lowest BCUT2D eigenvalue weighted by atomic mass is 9.91. The van der Waals surface area contributed by atoms with Crippen LogP contribution in [0.5, 0.6) is 0 Å². The molecule has 0 aliphatic heterocycles. The molecule has 15 aromatic rings. The second-order valence-electron chi connectivity index (χ2n) is 19.1. The average molecular weight is 974 g/mol. The number of fused-ring (bicyclic) bond motifs is 9. The second kappa shape index (κ2) is 17.5. The molecule has 0 aliphatic carbocycles. The Labute approximate surface area is 436 Å². The number of hydrogen-bond donors (Lipinski definition) is 0. The highest BCUT2D eigenvalue weighted by atomic mass is 32.1. The maximum absolute atomic E-state index is 5.33. The molecule has 0 saturated heterocycles. The van der Waals surface area contributed by atoms with Crippen LogP contribution in [0.4, 0.5) is 0 Å². The predicted molar refractivity (Wildman–Crippen MR) is 314 cm³/mol. The molecule has 0 fully saturated rings.